The van der Waals surface area contributed by atoms with Crippen LogP contribution in [0.1, 0.15) is 59.8 Å². The van der Waals surface area contributed by atoms with Crippen LogP contribution in [-0.2, 0) is 19.1 Å². The number of ether oxygens (including phenoxy) is 2. The Morgan fingerprint density at radius 1 is 1.04 bits per heavy atom. The summed E-state index contributed by atoms with van der Waals surface area (Å²) in [7, 11) is 3.53. The molecule has 138 valence electrons. The van der Waals surface area contributed by atoms with Crippen molar-refractivity contribution in [3.63, 3.8) is 0 Å². The van der Waals surface area contributed by atoms with E-state index in [0.29, 0.717) is 12.5 Å². The SMILES string of the molecule is COC(=O)C1CCC(COC(=O)C2CC(C)(C)N(C)C2(C)C)CC1. The van der Waals surface area contributed by atoms with Gasteiger partial charge in [0.1, 0.15) is 0 Å². The number of hydrogen-bond donors (Lipinski definition) is 0. The minimum Gasteiger partial charge on any atom is -0.469 e. The van der Waals surface area contributed by atoms with Crippen molar-refractivity contribution in [1.29, 1.82) is 0 Å². The van der Waals surface area contributed by atoms with Crippen molar-refractivity contribution in [2.45, 2.75) is 70.9 Å². The highest BCUT2D eigenvalue weighted by Gasteiger charge is 2.53. The maximum Gasteiger partial charge on any atom is 0.310 e. The summed E-state index contributed by atoms with van der Waals surface area (Å²) in [5.74, 6) is 0.107. The molecule has 5 nitrogen and oxygen atoms in total. The highest BCUT2D eigenvalue weighted by molar-refractivity contribution is 5.75. The number of esters is 2. The second-order valence-electron chi connectivity index (χ2n) is 8.65. The molecule has 1 aliphatic heterocycles. The highest BCUT2D eigenvalue weighted by atomic mass is 16.5. The van der Waals surface area contributed by atoms with Crippen molar-refractivity contribution < 1.29 is 19.1 Å². The average Bonchev–Trinajstić information content (AvgIpc) is 2.72. The lowest BCUT2D eigenvalue weighted by Gasteiger charge is -2.38. The van der Waals surface area contributed by atoms with Crippen molar-refractivity contribution in [3.05, 3.63) is 0 Å². The van der Waals surface area contributed by atoms with Crippen molar-refractivity contribution in [2.24, 2.45) is 17.8 Å². The molecular formula is C19H33NO4. The van der Waals surface area contributed by atoms with Crippen LogP contribution in [0.3, 0.4) is 0 Å². The van der Waals surface area contributed by atoms with Crippen LogP contribution in [-0.4, -0.2) is 48.7 Å². The lowest BCUT2D eigenvalue weighted by molar-refractivity contribution is -0.154. The molecule has 2 rings (SSSR count). The lowest BCUT2D eigenvalue weighted by atomic mass is 9.82. The Bertz CT molecular complexity index is 478. The predicted molar refractivity (Wildman–Crippen MR) is 92.5 cm³/mol. The first-order valence-corrected chi connectivity index (χ1v) is 9.08. The molecule has 0 radical (unpaired) electrons. The minimum absolute atomic E-state index is 0.00571. The van der Waals surface area contributed by atoms with Crippen molar-refractivity contribution in [1.82, 2.24) is 4.90 Å². The molecule has 1 saturated carbocycles. The van der Waals surface area contributed by atoms with Crippen molar-refractivity contribution >= 4 is 11.9 Å². The standard InChI is InChI=1S/C19H33NO4/c1-18(2)11-15(19(3,4)20(18)5)17(22)24-12-13-7-9-14(10-8-13)16(21)23-6/h13-15H,7-12H2,1-6H3. The monoisotopic (exact) mass is 339 g/mol. The van der Waals surface area contributed by atoms with Crippen LogP contribution in [0.2, 0.25) is 0 Å². The predicted octanol–water partition coefficient (Wildman–Crippen LogP) is 3.02. The maximum atomic E-state index is 12.6. The Morgan fingerprint density at radius 3 is 2.08 bits per heavy atom. The number of nitrogens with zero attached hydrogens (tertiary/aromatic N) is 1. The molecule has 0 bridgehead atoms. The van der Waals surface area contributed by atoms with E-state index in [2.05, 4.69) is 39.6 Å². The van der Waals surface area contributed by atoms with Gasteiger partial charge in [-0.15, -0.1) is 0 Å². The van der Waals surface area contributed by atoms with Crippen LogP contribution in [0.5, 0.6) is 0 Å². The Balaban J connectivity index is 1.83. The number of methoxy groups -OCH3 is 1. The molecule has 0 aromatic heterocycles. The molecule has 0 amide bonds. The van der Waals surface area contributed by atoms with Gasteiger partial charge >= 0.3 is 11.9 Å². The van der Waals surface area contributed by atoms with Gasteiger partial charge in [0, 0.05) is 11.1 Å². The van der Waals surface area contributed by atoms with Crippen molar-refractivity contribution in [3.8, 4) is 0 Å². The number of likely N-dealkylation sites (tertiary alicyclic amines) is 1. The summed E-state index contributed by atoms with van der Waals surface area (Å²) >= 11 is 0. The summed E-state index contributed by atoms with van der Waals surface area (Å²) in [4.78, 5) is 26.5. The molecule has 24 heavy (non-hydrogen) atoms. The van der Waals surface area contributed by atoms with E-state index in [1.165, 1.54) is 7.11 Å². The number of hydrogen-bond acceptors (Lipinski definition) is 5. The van der Waals surface area contributed by atoms with E-state index in [4.69, 9.17) is 9.47 Å². The molecule has 1 unspecified atom stereocenters. The normalized spacial score (nSPS) is 32.3. The van der Waals surface area contributed by atoms with E-state index in [1.54, 1.807) is 0 Å². The maximum absolute atomic E-state index is 12.6. The first-order chi connectivity index (χ1) is 11.1. The third-order valence-electron chi connectivity index (χ3n) is 6.46. The molecular weight excluding hydrogens is 306 g/mol. The molecule has 2 aliphatic rings. The van der Waals surface area contributed by atoms with Gasteiger partial charge in [-0.25, -0.2) is 0 Å². The number of rotatable bonds is 4. The van der Waals surface area contributed by atoms with Gasteiger partial charge in [-0.1, -0.05) is 0 Å². The largest absolute Gasteiger partial charge is 0.469 e. The van der Waals surface area contributed by atoms with Gasteiger partial charge in [0.15, 0.2) is 0 Å². The molecule has 5 heteroatoms. The smallest absolute Gasteiger partial charge is 0.310 e. The van der Waals surface area contributed by atoms with Crippen LogP contribution in [0, 0.1) is 17.8 Å². The Kier molecular flexibility index (Phi) is 5.63. The van der Waals surface area contributed by atoms with E-state index >= 15 is 0 Å². The summed E-state index contributed by atoms with van der Waals surface area (Å²) in [6, 6.07) is 0. The van der Waals surface area contributed by atoms with Crippen molar-refractivity contribution in [2.75, 3.05) is 20.8 Å². The second-order valence-corrected chi connectivity index (χ2v) is 8.65. The quantitative estimate of drug-likeness (QED) is 0.737. The average molecular weight is 339 g/mol. The van der Waals surface area contributed by atoms with Crippen LogP contribution >= 0.6 is 0 Å². The molecule has 0 aromatic rings. The topological polar surface area (TPSA) is 55.8 Å². The van der Waals surface area contributed by atoms with E-state index in [1.807, 2.05) is 0 Å². The van der Waals surface area contributed by atoms with E-state index in [0.717, 1.165) is 32.1 Å². The fraction of sp³-hybridized carbons (Fsp3) is 0.895. The molecule has 1 saturated heterocycles. The summed E-state index contributed by atoms with van der Waals surface area (Å²) in [5.41, 5.74) is -0.186. The Hall–Kier alpha value is -1.10. The Morgan fingerprint density at radius 2 is 1.62 bits per heavy atom. The Labute approximate surface area is 146 Å². The summed E-state index contributed by atoms with van der Waals surface area (Å²) in [6.45, 7) is 9.07. The zero-order chi connectivity index (χ0) is 18.1. The summed E-state index contributed by atoms with van der Waals surface area (Å²) in [5, 5.41) is 0. The minimum atomic E-state index is -0.191. The number of carbonyl (C=O) groups is 2. The highest BCUT2D eigenvalue weighted by Crippen LogP contribution is 2.44. The molecule has 1 atom stereocenters. The van der Waals surface area contributed by atoms with Gasteiger partial charge in [0.05, 0.1) is 25.6 Å². The third-order valence-corrected chi connectivity index (χ3v) is 6.46. The van der Waals surface area contributed by atoms with Gasteiger partial charge in [-0.05, 0) is 72.8 Å². The van der Waals surface area contributed by atoms with Crippen LogP contribution in [0.4, 0.5) is 0 Å². The van der Waals surface area contributed by atoms with Gasteiger partial charge in [-0.2, -0.15) is 0 Å². The lowest BCUT2D eigenvalue weighted by Crippen LogP contribution is -2.48. The molecule has 0 aromatic carbocycles. The first-order valence-electron chi connectivity index (χ1n) is 9.08. The fourth-order valence-corrected chi connectivity index (χ4v) is 4.30. The fourth-order valence-electron chi connectivity index (χ4n) is 4.30. The zero-order valence-corrected chi connectivity index (χ0v) is 16.1. The van der Waals surface area contributed by atoms with Crippen LogP contribution < -0.4 is 0 Å². The second kappa shape index (κ2) is 7.03. The molecule has 2 fully saturated rings. The summed E-state index contributed by atoms with van der Waals surface area (Å²) in [6.07, 6.45) is 4.34. The van der Waals surface area contributed by atoms with Gasteiger partial charge in [0.2, 0.25) is 0 Å². The third kappa shape index (κ3) is 3.76. The van der Waals surface area contributed by atoms with Gasteiger partial charge in [0.25, 0.3) is 0 Å². The van der Waals surface area contributed by atoms with E-state index < -0.39 is 0 Å². The van der Waals surface area contributed by atoms with E-state index in [9.17, 15) is 9.59 Å². The summed E-state index contributed by atoms with van der Waals surface area (Å²) < 4.78 is 10.5. The zero-order valence-electron chi connectivity index (χ0n) is 16.1. The van der Waals surface area contributed by atoms with Gasteiger partial charge < -0.3 is 9.47 Å². The molecule has 0 N–H and O–H groups in total. The molecule has 1 aliphatic carbocycles. The van der Waals surface area contributed by atoms with E-state index in [-0.39, 0.29) is 34.9 Å². The number of carbonyl (C=O) groups excluding carboxylic acids is 2. The first kappa shape index (κ1) is 19.2. The van der Waals surface area contributed by atoms with Crippen LogP contribution in [0.25, 0.3) is 0 Å². The van der Waals surface area contributed by atoms with Gasteiger partial charge in [-0.3, -0.25) is 14.5 Å². The molecule has 0 spiro atoms. The molecule has 1 heterocycles. The van der Waals surface area contributed by atoms with Crippen LogP contribution in [0.15, 0.2) is 0 Å².